The molecule has 1 amide bonds. The largest absolute Gasteiger partial charge is 0.468 e. The molecule has 0 aliphatic carbocycles. The maximum atomic E-state index is 12.3. The lowest BCUT2D eigenvalue weighted by Gasteiger charge is -2.26. The highest BCUT2D eigenvalue weighted by atomic mass is 35.5. The van der Waals surface area contributed by atoms with E-state index in [1.54, 1.807) is 24.5 Å². The van der Waals surface area contributed by atoms with Crippen molar-refractivity contribution in [2.75, 3.05) is 19.6 Å². The van der Waals surface area contributed by atoms with E-state index in [2.05, 4.69) is 10.2 Å². The third-order valence-corrected chi connectivity index (χ3v) is 4.90. The van der Waals surface area contributed by atoms with Gasteiger partial charge in [-0.05, 0) is 55.8 Å². The average Bonchev–Trinajstić information content (AvgIpc) is 3.24. The molecule has 0 unspecified atom stereocenters. The fraction of sp³-hybridized carbons (Fsp3) is 0.389. The van der Waals surface area contributed by atoms with Gasteiger partial charge in [0.15, 0.2) is 0 Å². The third-order valence-electron chi connectivity index (χ3n) is 4.31. The van der Waals surface area contributed by atoms with Gasteiger partial charge in [0.25, 0.3) is 0 Å². The van der Waals surface area contributed by atoms with Gasteiger partial charge in [-0.3, -0.25) is 9.69 Å². The molecule has 4 nitrogen and oxygen atoms in total. The highest BCUT2D eigenvalue weighted by molar-refractivity contribution is 6.35. The number of nitrogens with one attached hydrogen (secondary N) is 1. The van der Waals surface area contributed by atoms with Crippen molar-refractivity contribution < 1.29 is 9.21 Å². The van der Waals surface area contributed by atoms with E-state index in [9.17, 15) is 4.79 Å². The number of rotatable bonds is 6. The topological polar surface area (TPSA) is 45.5 Å². The third kappa shape index (κ3) is 4.32. The molecule has 0 saturated carbocycles. The summed E-state index contributed by atoms with van der Waals surface area (Å²) in [5, 5.41) is 4.09. The molecule has 128 valence electrons. The second-order valence-electron chi connectivity index (χ2n) is 5.99. The Labute approximate surface area is 151 Å². The number of amides is 1. The molecular weight excluding hydrogens is 347 g/mol. The average molecular weight is 367 g/mol. The Morgan fingerprint density at radius 3 is 2.71 bits per heavy atom. The van der Waals surface area contributed by atoms with Gasteiger partial charge in [0.1, 0.15) is 5.76 Å². The van der Waals surface area contributed by atoms with E-state index in [4.69, 9.17) is 27.6 Å². The van der Waals surface area contributed by atoms with Gasteiger partial charge in [-0.15, -0.1) is 0 Å². The predicted octanol–water partition coefficient (Wildman–Crippen LogP) is 4.08. The van der Waals surface area contributed by atoms with Crippen molar-refractivity contribution in [2.45, 2.75) is 25.3 Å². The summed E-state index contributed by atoms with van der Waals surface area (Å²) in [5.41, 5.74) is 0.772. The van der Waals surface area contributed by atoms with E-state index >= 15 is 0 Å². The number of hydrogen-bond acceptors (Lipinski definition) is 3. The van der Waals surface area contributed by atoms with Gasteiger partial charge < -0.3 is 9.73 Å². The summed E-state index contributed by atoms with van der Waals surface area (Å²) in [7, 11) is 0. The smallest absolute Gasteiger partial charge is 0.224 e. The second kappa shape index (κ2) is 8.06. The second-order valence-corrected chi connectivity index (χ2v) is 6.83. The summed E-state index contributed by atoms with van der Waals surface area (Å²) in [6.45, 7) is 2.59. The minimum absolute atomic E-state index is 0.0602. The molecule has 6 heteroatoms. The Hall–Kier alpha value is -1.49. The molecule has 1 saturated heterocycles. The number of halogens is 2. The zero-order valence-corrected chi connectivity index (χ0v) is 14.8. The van der Waals surface area contributed by atoms with E-state index in [-0.39, 0.29) is 18.4 Å². The Bertz CT molecular complexity index is 682. The molecular formula is C18H20Cl2N2O2. The van der Waals surface area contributed by atoms with Gasteiger partial charge in [0, 0.05) is 16.6 Å². The van der Waals surface area contributed by atoms with Gasteiger partial charge in [-0.25, -0.2) is 0 Å². The lowest BCUT2D eigenvalue weighted by atomic mass is 10.1. The molecule has 0 spiro atoms. The molecule has 1 aromatic heterocycles. The SMILES string of the molecule is O=C(Cc1ccc(Cl)cc1Cl)NC[C@H](c1ccco1)N1CCCC1. The van der Waals surface area contributed by atoms with Crippen LogP contribution in [0.5, 0.6) is 0 Å². The summed E-state index contributed by atoms with van der Waals surface area (Å²) in [6.07, 6.45) is 4.28. The lowest BCUT2D eigenvalue weighted by molar-refractivity contribution is -0.120. The van der Waals surface area contributed by atoms with Crippen molar-refractivity contribution in [3.63, 3.8) is 0 Å². The van der Waals surface area contributed by atoms with Gasteiger partial charge in [0.2, 0.25) is 5.91 Å². The molecule has 1 aromatic carbocycles. The van der Waals surface area contributed by atoms with Crippen LogP contribution in [0.25, 0.3) is 0 Å². The minimum Gasteiger partial charge on any atom is -0.468 e. The van der Waals surface area contributed by atoms with Gasteiger partial charge in [0.05, 0.1) is 18.7 Å². The summed E-state index contributed by atoms with van der Waals surface area (Å²) in [5.74, 6) is 0.830. The molecule has 24 heavy (non-hydrogen) atoms. The maximum Gasteiger partial charge on any atom is 0.224 e. The number of likely N-dealkylation sites (tertiary alicyclic amines) is 1. The molecule has 3 rings (SSSR count). The number of benzene rings is 1. The zero-order chi connectivity index (χ0) is 16.9. The molecule has 1 aliphatic heterocycles. The van der Waals surface area contributed by atoms with Crippen LogP contribution in [0.2, 0.25) is 10.0 Å². The zero-order valence-electron chi connectivity index (χ0n) is 13.3. The highest BCUT2D eigenvalue weighted by Gasteiger charge is 2.25. The van der Waals surface area contributed by atoms with Crippen LogP contribution in [0.1, 0.15) is 30.2 Å². The van der Waals surface area contributed by atoms with Gasteiger partial charge >= 0.3 is 0 Å². The first-order chi connectivity index (χ1) is 11.6. The fourth-order valence-electron chi connectivity index (χ4n) is 3.05. The summed E-state index contributed by atoms with van der Waals surface area (Å²) < 4.78 is 5.56. The quantitative estimate of drug-likeness (QED) is 0.837. The number of nitrogens with zero attached hydrogens (tertiary/aromatic N) is 1. The summed E-state index contributed by atoms with van der Waals surface area (Å²) >= 11 is 12.0. The molecule has 2 aromatic rings. The van der Waals surface area contributed by atoms with Crippen LogP contribution < -0.4 is 5.32 Å². The first kappa shape index (κ1) is 17.3. The number of carbonyl (C=O) groups excluding carboxylic acids is 1. The first-order valence-corrected chi connectivity index (χ1v) is 8.87. The fourth-order valence-corrected chi connectivity index (χ4v) is 3.53. The molecule has 2 heterocycles. The predicted molar refractivity (Wildman–Crippen MR) is 95.4 cm³/mol. The normalized spacial score (nSPS) is 16.2. The van der Waals surface area contributed by atoms with E-state index in [0.29, 0.717) is 16.6 Å². The molecule has 1 N–H and O–H groups in total. The molecule has 1 fully saturated rings. The van der Waals surface area contributed by atoms with E-state index in [1.165, 1.54) is 12.8 Å². The van der Waals surface area contributed by atoms with Crippen molar-refractivity contribution >= 4 is 29.1 Å². The van der Waals surface area contributed by atoms with Crippen LogP contribution in [0, 0.1) is 0 Å². The number of furan rings is 1. The molecule has 0 bridgehead atoms. The maximum absolute atomic E-state index is 12.3. The van der Waals surface area contributed by atoms with E-state index < -0.39 is 0 Å². The van der Waals surface area contributed by atoms with Gasteiger partial charge in [-0.1, -0.05) is 29.3 Å². The van der Waals surface area contributed by atoms with Crippen LogP contribution in [0.4, 0.5) is 0 Å². The first-order valence-electron chi connectivity index (χ1n) is 8.11. The van der Waals surface area contributed by atoms with Crippen LogP contribution in [-0.4, -0.2) is 30.4 Å². The van der Waals surface area contributed by atoms with Crippen molar-refractivity contribution in [1.82, 2.24) is 10.2 Å². The van der Waals surface area contributed by atoms with Crippen LogP contribution >= 0.6 is 23.2 Å². The molecule has 1 atom stereocenters. The monoisotopic (exact) mass is 366 g/mol. The minimum atomic E-state index is -0.0602. The van der Waals surface area contributed by atoms with E-state index in [0.717, 1.165) is 24.4 Å². The number of carbonyl (C=O) groups is 1. The Morgan fingerprint density at radius 1 is 1.25 bits per heavy atom. The van der Waals surface area contributed by atoms with Crippen molar-refractivity contribution in [3.05, 3.63) is 58.0 Å². The highest BCUT2D eigenvalue weighted by Crippen LogP contribution is 2.25. The Kier molecular flexibility index (Phi) is 5.82. The standard InChI is InChI=1S/C18H20Cl2N2O2/c19-14-6-5-13(15(20)11-14)10-18(23)21-12-16(17-4-3-9-24-17)22-7-1-2-8-22/h3-6,9,11,16H,1-2,7-8,10,12H2,(H,21,23)/t16-/m1/s1. The number of hydrogen-bond donors (Lipinski definition) is 1. The van der Waals surface area contributed by atoms with Crippen LogP contribution in [0.15, 0.2) is 41.0 Å². The lowest BCUT2D eigenvalue weighted by Crippen LogP contribution is -2.37. The van der Waals surface area contributed by atoms with Crippen molar-refractivity contribution in [3.8, 4) is 0 Å². The summed E-state index contributed by atoms with van der Waals surface area (Å²) in [6, 6.07) is 9.11. The van der Waals surface area contributed by atoms with Crippen LogP contribution in [-0.2, 0) is 11.2 Å². The summed E-state index contributed by atoms with van der Waals surface area (Å²) in [4.78, 5) is 14.6. The molecule has 1 aliphatic rings. The van der Waals surface area contributed by atoms with Crippen LogP contribution in [0.3, 0.4) is 0 Å². The van der Waals surface area contributed by atoms with E-state index in [1.807, 2.05) is 12.1 Å². The van der Waals surface area contributed by atoms with Crippen molar-refractivity contribution in [1.29, 1.82) is 0 Å². The Morgan fingerprint density at radius 2 is 2.04 bits per heavy atom. The van der Waals surface area contributed by atoms with Crippen molar-refractivity contribution in [2.24, 2.45) is 0 Å². The Balaban J connectivity index is 1.60. The molecule has 0 radical (unpaired) electrons. The van der Waals surface area contributed by atoms with Gasteiger partial charge in [-0.2, -0.15) is 0 Å².